The fraction of sp³-hybridized carbons (Fsp3) is 0.650. The molecule has 2 N–H and O–H groups in total. The van der Waals surface area contributed by atoms with Crippen LogP contribution in [0, 0.1) is 5.92 Å². The van der Waals surface area contributed by atoms with Gasteiger partial charge in [0, 0.05) is 52.4 Å². The highest BCUT2D eigenvalue weighted by molar-refractivity contribution is 14.0. The zero-order valence-electron chi connectivity index (χ0n) is 17.4. The van der Waals surface area contributed by atoms with Crippen LogP contribution in [0.5, 0.6) is 5.75 Å². The number of methoxy groups -OCH3 is 1. The third-order valence-electron chi connectivity index (χ3n) is 5.10. The lowest BCUT2D eigenvalue weighted by Gasteiger charge is -2.40. The Bertz CT molecular complexity index is 556. The van der Waals surface area contributed by atoms with E-state index in [0.29, 0.717) is 12.0 Å². The van der Waals surface area contributed by atoms with E-state index in [1.165, 1.54) is 5.56 Å². The van der Waals surface area contributed by atoms with E-state index in [0.717, 1.165) is 51.0 Å². The summed E-state index contributed by atoms with van der Waals surface area (Å²) in [5, 5.41) is 6.91. The summed E-state index contributed by atoms with van der Waals surface area (Å²) < 4.78 is 5.20. The molecule has 0 amide bonds. The standard InChI is InChI=1S/C20H35N5O.HI/c1-16(2)19(25-12-10-24(4)11-13-25)15-23-20(21-3)22-14-17-6-8-18(26-5)9-7-17;/h6-9,16,19H,10-15H2,1-5H3,(H2,21,22,23);1H. The van der Waals surface area contributed by atoms with Crippen molar-refractivity contribution in [3.05, 3.63) is 29.8 Å². The highest BCUT2D eigenvalue weighted by atomic mass is 127. The Balaban J connectivity index is 0.00000364. The predicted molar refractivity (Wildman–Crippen MR) is 124 cm³/mol. The van der Waals surface area contributed by atoms with Gasteiger partial charge in [0.1, 0.15) is 5.75 Å². The lowest BCUT2D eigenvalue weighted by molar-refractivity contribution is 0.0900. The van der Waals surface area contributed by atoms with Gasteiger partial charge in [-0.1, -0.05) is 26.0 Å². The van der Waals surface area contributed by atoms with Crippen molar-refractivity contribution in [3.8, 4) is 5.75 Å². The second-order valence-corrected chi connectivity index (χ2v) is 7.31. The van der Waals surface area contributed by atoms with Crippen LogP contribution in [-0.2, 0) is 6.54 Å². The number of nitrogens with zero attached hydrogens (tertiary/aromatic N) is 3. The number of rotatable bonds is 7. The second-order valence-electron chi connectivity index (χ2n) is 7.31. The maximum absolute atomic E-state index is 5.20. The van der Waals surface area contributed by atoms with Crippen LogP contribution in [0.4, 0.5) is 0 Å². The Kier molecular flexibility index (Phi) is 11.0. The van der Waals surface area contributed by atoms with Crippen molar-refractivity contribution in [2.24, 2.45) is 10.9 Å². The quantitative estimate of drug-likeness (QED) is 0.350. The number of nitrogens with one attached hydrogen (secondary N) is 2. The van der Waals surface area contributed by atoms with Crippen molar-refractivity contribution in [3.63, 3.8) is 0 Å². The molecule has 1 saturated heterocycles. The molecule has 1 aromatic rings. The van der Waals surface area contributed by atoms with Crippen LogP contribution in [-0.4, -0.2) is 75.7 Å². The summed E-state index contributed by atoms with van der Waals surface area (Å²) in [6.07, 6.45) is 0. The molecule has 1 atom stereocenters. The van der Waals surface area contributed by atoms with E-state index in [2.05, 4.69) is 58.5 Å². The number of likely N-dealkylation sites (N-methyl/N-ethyl adjacent to an activating group) is 1. The van der Waals surface area contributed by atoms with Gasteiger partial charge in [-0.25, -0.2) is 0 Å². The monoisotopic (exact) mass is 489 g/mol. The number of benzene rings is 1. The fourth-order valence-corrected chi connectivity index (χ4v) is 3.29. The minimum absolute atomic E-state index is 0. The molecule has 1 aliphatic heterocycles. The minimum Gasteiger partial charge on any atom is -0.497 e. The van der Waals surface area contributed by atoms with Gasteiger partial charge in [-0.05, 0) is 30.7 Å². The molecule has 0 aliphatic carbocycles. The molecule has 0 radical (unpaired) electrons. The zero-order valence-corrected chi connectivity index (χ0v) is 19.7. The molecule has 1 heterocycles. The van der Waals surface area contributed by atoms with Crippen molar-refractivity contribution >= 4 is 29.9 Å². The van der Waals surface area contributed by atoms with E-state index >= 15 is 0 Å². The molecule has 6 nitrogen and oxygen atoms in total. The number of ether oxygens (including phenoxy) is 1. The molecule has 0 spiro atoms. The lowest BCUT2D eigenvalue weighted by Crippen LogP contribution is -2.55. The van der Waals surface area contributed by atoms with Crippen LogP contribution in [0.2, 0.25) is 0 Å². The van der Waals surface area contributed by atoms with Gasteiger partial charge in [-0.15, -0.1) is 24.0 Å². The number of hydrogen-bond acceptors (Lipinski definition) is 4. The zero-order chi connectivity index (χ0) is 18.9. The van der Waals surface area contributed by atoms with E-state index in [9.17, 15) is 0 Å². The maximum Gasteiger partial charge on any atom is 0.191 e. The van der Waals surface area contributed by atoms with Gasteiger partial charge in [-0.2, -0.15) is 0 Å². The number of aliphatic imine (C=N–C) groups is 1. The molecule has 0 bridgehead atoms. The average Bonchev–Trinajstić information content (AvgIpc) is 2.66. The number of piperazine rings is 1. The fourth-order valence-electron chi connectivity index (χ4n) is 3.29. The molecule has 1 aliphatic rings. The Morgan fingerprint density at radius 2 is 1.74 bits per heavy atom. The number of guanidine groups is 1. The van der Waals surface area contributed by atoms with Crippen LogP contribution in [0.1, 0.15) is 19.4 Å². The summed E-state index contributed by atoms with van der Waals surface area (Å²) in [6, 6.07) is 8.62. The smallest absolute Gasteiger partial charge is 0.191 e. The molecule has 2 rings (SSSR count). The third-order valence-corrected chi connectivity index (χ3v) is 5.10. The van der Waals surface area contributed by atoms with Crippen LogP contribution in [0.15, 0.2) is 29.3 Å². The Hall–Kier alpha value is -1.06. The van der Waals surface area contributed by atoms with Gasteiger partial charge in [0.2, 0.25) is 0 Å². The molecule has 0 aromatic heterocycles. The summed E-state index contributed by atoms with van der Waals surface area (Å²) in [6.45, 7) is 10.8. The van der Waals surface area contributed by atoms with Crippen molar-refractivity contribution < 1.29 is 4.74 Å². The Morgan fingerprint density at radius 1 is 1.11 bits per heavy atom. The van der Waals surface area contributed by atoms with Crippen LogP contribution >= 0.6 is 24.0 Å². The van der Waals surface area contributed by atoms with Crippen molar-refractivity contribution in [1.29, 1.82) is 0 Å². The Labute approximate surface area is 181 Å². The van der Waals surface area contributed by atoms with Crippen molar-refractivity contribution in [2.45, 2.75) is 26.4 Å². The summed E-state index contributed by atoms with van der Waals surface area (Å²) >= 11 is 0. The van der Waals surface area contributed by atoms with Crippen LogP contribution < -0.4 is 15.4 Å². The third kappa shape index (κ3) is 7.83. The SMILES string of the molecule is CN=C(NCc1ccc(OC)cc1)NCC(C(C)C)N1CCN(C)CC1.I. The van der Waals surface area contributed by atoms with Crippen molar-refractivity contribution in [1.82, 2.24) is 20.4 Å². The van der Waals surface area contributed by atoms with Gasteiger partial charge in [0.05, 0.1) is 7.11 Å². The summed E-state index contributed by atoms with van der Waals surface area (Å²) in [5.41, 5.74) is 1.20. The summed E-state index contributed by atoms with van der Waals surface area (Å²) in [7, 11) is 5.71. The normalized spacial score (nSPS) is 17.3. The maximum atomic E-state index is 5.20. The van der Waals surface area contributed by atoms with E-state index < -0.39 is 0 Å². The molecule has 154 valence electrons. The predicted octanol–water partition coefficient (Wildman–Crippen LogP) is 2.25. The first-order valence-electron chi connectivity index (χ1n) is 9.53. The number of halogens is 1. The highest BCUT2D eigenvalue weighted by Gasteiger charge is 2.24. The molecule has 27 heavy (non-hydrogen) atoms. The summed E-state index contributed by atoms with van der Waals surface area (Å²) in [4.78, 5) is 9.37. The molecule has 1 fully saturated rings. The first-order valence-corrected chi connectivity index (χ1v) is 9.53. The topological polar surface area (TPSA) is 52.1 Å². The largest absolute Gasteiger partial charge is 0.497 e. The highest BCUT2D eigenvalue weighted by Crippen LogP contribution is 2.13. The molecule has 7 heteroatoms. The van der Waals surface area contributed by atoms with Crippen LogP contribution in [0.25, 0.3) is 0 Å². The molecular formula is C20H36IN5O. The molecule has 0 saturated carbocycles. The average molecular weight is 489 g/mol. The van der Waals surface area contributed by atoms with Gasteiger partial charge in [0.25, 0.3) is 0 Å². The van der Waals surface area contributed by atoms with Gasteiger partial charge in [-0.3, -0.25) is 9.89 Å². The first-order chi connectivity index (χ1) is 12.5. The van der Waals surface area contributed by atoms with Gasteiger partial charge < -0.3 is 20.3 Å². The van der Waals surface area contributed by atoms with Crippen LogP contribution in [0.3, 0.4) is 0 Å². The first kappa shape index (κ1) is 24.0. The second kappa shape index (κ2) is 12.4. The minimum atomic E-state index is 0. The van der Waals surface area contributed by atoms with Gasteiger partial charge >= 0.3 is 0 Å². The summed E-state index contributed by atoms with van der Waals surface area (Å²) in [5.74, 6) is 2.33. The Morgan fingerprint density at radius 3 is 2.26 bits per heavy atom. The van der Waals surface area contributed by atoms with Gasteiger partial charge in [0.15, 0.2) is 5.96 Å². The molecule has 1 aromatic carbocycles. The van der Waals surface area contributed by atoms with E-state index in [-0.39, 0.29) is 24.0 Å². The molecule has 1 unspecified atom stereocenters. The van der Waals surface area contributed by atoms with E-state index in [1.54, 1.807) is 7.11 Å². The molecular weight excluding hydrogens is 453 g/mol. The lowest BCUT2D eigenvalue weighted by atomic mass is 10.0. The van der Waals surface area contributed by atoms with Crippen molar-refractivity contribution in [2.75, 3.05) is 53.9 Å². The van der Waals surface area contributed by atoms with E-state index in [1.807, 2.05) is 19.2 Å². The number of hydrogen-bond donors (Lipinski definition) is 2. The van der Waals surface area contributed by atoms with E-state index in [4.69, 9.17) is 4.74 Å².